The molecule has 2 aliphatic heterocycles. The van der Waals surface area contributed by atoms with Crippen LogP contribution in [0.3, 0.4) is 0 Å². The van der Waals surface area contributed by atoms with E-state index in [1.165, 1.54) is 0 Å². The van der Waals surface area contributed by atoms with E-state index in [1.54, 1.807) is 16.9 Å². The number of para-hydroxylation sites is 1. The Kier molecular flexibility index (Phi) is 5.71. The minimum atomic E-state index is -0.526. The molecule has 34 heavy (non-hydrogen) atoms. The first-order chi connectivity index (χ1) is 16.4. The molecular formula is C27H31N3O4. The summed E-state index contributed by atoms with van der Waals surface area (Å²) in [4.78, 5) is 34.1. The topological polar surface area (TPSA) is 74.9 Å². The van der Waals surface area contributed by atoms with Gasteiger partial charge in [0.2, 0.25) is 11.8 Å². The van der Waals surface area contributed by atoms with Gasteiger partial charge in [-0.1, -0.05) is 31.2 Å². The number of nitrogens with one attached hydrogen (secondary N) is 1. The van der Waals surface area contributed by atoms with Gasteiger partial charge >= 0.3 is 0 Å². The number of aromatic amines is 1. The Hall–Kier alpha value is -3.48. The van der Waals surface area contributed by atoms with Gasteiger partial charge in [0, 0.05) is 29.6 Å². The smallest absolute Gasteiger partial charge is 0.246 e. The summed E-state index contributed by atoms with van der Waals surface area (Å²) in [5.74, 6) is 1.25. The molecule has 0 bridgehead atoms. The molecule has 3 heterocycles. The normalized spacial score (nSPS) is 20.0. The van der Waals surface area contributed by atoms with Gasteiger partial charge in [-0.05, 0) is 49.6 Å². The number of aromatic nitrogens is 1. The molecule has 178 valence electrons. The van der Waals surface area contributed by atoms with E-state index in [-0.39, 0.29) is 24.5 Å². The van der Waals surface area contributed by atoms with Crippen molar-refractivity contribution in [1.29, 1.82) is 0 Å². The van der Waals surface area contributed by atoms with Crippen molar-refractivity contribution >= 4 is 22.7 Å². The number of carbonyl (C=O) groups excluding carboxylic acids is 2. The van der Waals surface area contributed by atoms with E-state index in [2.05, 4.69) is 11.1 Å². The number of piperazine rings is 1. The number of rotatable bonds is 6. The number of benzene rings is 2. The van der Waals surface area contributed by atoms with Crippen LogP contribution in [0.1, 0.15) is 50.1 Å². The molecular weight excluding hydrogens is 430 g/mol. The van der Waals surface area contributed by atoms with Crippen LogP contribution in [0.15, 0.2) is 42.5 Å². The SMILES string of the molecule is CCCN1CC(=O)N2[C@H](c3ccc(OC(C)C)c(OC)c3)c3[nH]c4ccccc4c3C[C@H]2C1=O. The Labute approximate surface area is 199 Å². The van der Waals surface area contributed by atoms with Gasteiger partial charge in [0.05, 0.1) is 25.8 Å². The highest BCUT2D eigenvalue weighted by Crippen LogP contribution is 2.44. The van der Waals surface area contributed by atoms with E-state index in [4.69, 9.17) is 9.47 Å². The number of carbonyl (C=O) groups is 2. The maximum Gasteiger partial charge on any atom is 0.246 e. The van der Waals surface area contributed by atoms with E-state index >= 15 is 0 Å². The average molecular weight is 462 g/mol. The largest absolute Gasteiger partial charge is 0.493 e. The molecule has 2 atom stereocenters. The van der Waals surface area contributed by atoms with Crippen LogP contribution in [0.25, 0.3) is 10.9 Å². The second-order valence-electron chi connectivity index (χ2n) is 9.32. The highest BCUT2D eigenvalue weighted by Gasteiger charge is 2.48. The van der Waals surface area contributed by atoms with Crippen LogP contribution in [-0.4, -0.2) is 58.9 Å². The molecule has 5 rings (SSSR count). The van der Waals surface area contributed by atoms with Crippen molar-refractivity contribution in [2.45, 2.75) is 51.8 Å². The second kappa shape index (κ2) is 8.70. The van der Waals surface area contributed by atoms with Gasteiger partial charge in [-0.3, -0.25) is 9.59 Å². The quantitative estimate of drug-likeness (QED) is 0.601. The van der Waals surface area contributed by atoms with Crippen LogP contribution in [0, 0.1) is 0 Å². The standard InChI is InChI=1S/C27H31N3O4/c1-5-12-29-15-24(31)30-21(27(29)32)14-19-18-8-6-7-9-20(18)28-25(19)26(30)17-10-11-22(34-16(2)3)23(13-17)33-4/h6-11,13,16,21,26,28H,5,12,14-15H2,1-4H3/t21-,26+/m0/s1. The molecule has 2 aromatic carbocycles. The van der Waals surface area contributed by atoms with E-state index in [0.717, 1.165) is 34.1 Å². The molecule has 0 spiro atoms. The van der Waals surface area contributed by atoms with Crippen LogP contribution in [0.4, 0.5) is 0 Å². The minimum Gasteiger partial charge on any atom is -0.493 e. The van der Waals surface area contributed by atoms with Crippen molar-refractivity contribution < 1.29 is 19.1 Å². The van der Waals surface area contributed by atoms with E-state index < -0.39 is 12.1 Å². The third-order valence-electron chi connectivity index (χ3n) is 6.70. The predicted molar refractivity (Wildman–Crippen MR) is 130 cm³/mol. The first kappa shape index (κ1) is 22.3. The summed E-state index contributed by atoms with van der Waals surface area (Å²) >= 11 is 0. The van der Waals surface area contributed by atoms with E-state index in [1.807, 2.05) is 57.2 Å². The lowest BCUT2D eigenvalue weighted by Crippen LogP contribution is -2.63. The fourth-order valence-corrected chi connectivity index (χ4v) is 5.33. The lowest BCUT2D eigenvalue weighted by molar-refractivity contribution is -0.158. The number of ether oxygens (including phenoxy) is 2. The number of H-pyrrole nitrogens is 1. The van der Waals surface area contributed by atoms with Gasteiger partial charge in [0.1, 0.15) is 6.04 Å². The molecule has 7 heteroatoms. The lowest BCUT2D eigenvalue weighted by atomic mass is 9.86. The van der Waals surface area contributed by atoms with Crippen molar-refractivity contribution in [2.75, 3.05) is 20.2 Å². The van der Waals surface area contributed by atoms with Crippen LogP contribution in [0.5, 0.6) is 11.5 Å². The number of nitrogens with zero attached hydrogens (tertiary/aromatic N) is 2. The molecule has 7 nitrogen and oxygen atoms in total. The molecule has 2 aliphatic rings. The Balaban J connectivity index is 1.67. The Morgan fingerprint density at radius 1 is 1.12 bits per heavy atom. The highest BCUT2D eigenvalue weighted by atomic mass is 16.5. The monoisotopic (exact) mass is 461 g/mol. The zero-order valence-electron chi connectivity index (χ0n) is 20.1. The Morgan fingerprint density at radius 3 is 2.65 bits per heavy atom. The van der Waals surface area contributed by atoms with Gasteiger partial charge in [0.25, 0.3) is 0 Å². The number of hydrogen-bond donors (Lipinski definition) is 1. The molecule has 2 amide bonds. The number of fused-ring (bicyclic) bond motifs is 4. The second-order valence-corrected chi connectivity index (χ2v) is 9.32. The highest BCUT2D eigenvalue weighted by molar-refractivity contribution is 5.97. The molecule has 0 radical (unpaired) electrons. The maximum absolute atomic E-state index is 13.5. The summed E-state index contributed by atoms with van der Waals surface area (Å²) < 4.78 is 11.6. The summed E-state index contributed by atoms with van der Waals surface area (Å²) in [6.45, 7) is 6.67. The first-order valence-corrected chi connectivity index (χ1v) is 12.0. The zero-order chi connectivity index (χ0) is 24.0. The average Bonchev–Trinajstić information content (AvgIpc) is 3.19. The molecule has 0 aliphatic carbocycles. The summed E-state index contributed by atoms with van der Waals surface area (Å²) in [5, 5.41) is 1.10. The van der Waals surface area contributed by atoms with E-state index in [0.29, 0.717) is 24.5 Å². The van der Waals surface area contributed by atoms with Gasteiger partial charge in [-0.2, -0.15) is 0 Å². The summed E-state index contributed by atoms with van der Waals surface area (Å²) in [6, 6.07) is 13.0. The molecule has 1 fully saturated rings. The fraction of sp³-hybridized carbons (Fsp3) is 0.407. The first-order valence-electron chi connectivity index (χ1n) is 12.0. The zero-order valence-corrected chi connectivity index (χ0v) is 20.1. The van der Waals surface area contributed by atoms with Crippen molar-refractivity contribution in [3.63, 3.8) is 0 Å². The Bertz CT molecular complexity index is 1250. The molecule has 1 saturated heterocycles. The summed E-state index contributed by atoms with van der Waals surface area (Å²) in [5.41, 5.74) is 3.95. The van der Waals surface area contributed by atoms with Gasteiger partial charge in [-0.25, -0.2) is 0 Å². The van der Waals surface area contributed by atoms with Crippen molar-refractivity contribution in [3.05, 3.63) is 59.3 Å². The molecule has 3 aromatic rings. The van der Waals surface area contributed by atoms with Crippen molar-refractivity contribution in [1.82, 2.24) is 14.8 Å². The number of hydrogen-bond acceptors (Lipinski definition) is 4. The molecule has 1 N–H and O–H groups in total. The van der Waals surface area contributed by atoms with Crippen LogP contribution < -0.4 is 9.47 Å². The Morgan fingerprint density at radius 2 is 1.91 bits per heavy atom. The van der Waals surface area contributed by atoms with Crippen molar-refractivity contribution in [2.24, 2.45) is 0 Å². The fourth-order valence-electron chi connectivity index (χ4n) is 5.33. The number of amides is 2. The third kappa shape index (κ3) is 3.59. The van der Waals surface area contributed by atoms with Crippen LogP contribution in [0.2, 0.25) is 0 Å². The van der Waals surface area contributed by atoms with Crippen molar-refractivity contribution in [3.8, 4) is 11.5 Å². The third-order valence-corrected chi connectivity index (χ3v) is 6.70. The van der Waals surface area contributed by atoms with Gasteiger partial charge in [-0.15, -0.1) is 0 Å². The molecule has 0 saturated carbocycles. The van der Waals surface area contributed by atoms with Crippen LogP contribution in [-0.2, 0) is 16.0 Å². The van der Waals surface area contributed by atoms with Gasteiger partial charge in [0.15, 0.2) is 11.5 Å². The maximum atomic E-state index is 13.5. The van der Waals surface area contributed by atoms with Gasteiger partial charge < -0.3 is 24.3 Å². The molecule has 0 unspecified atom stereocenters. The summed E-state index contributed by atoms with van der Waals surface area (Å²) in [6.07, 6.45) is 1.33. The molecule has 1 aromatic heterocycles. The summed E-state index contributed by atoms with van der Waals surface area (Å²) in [7, 11) is 1.61. The lowest BCUT2D eigenvalue weighted by Gasteiger charge is -2.47. The number of methoxy groups -OCH3 is 1. The predicted octanol–water partition coefficient (Wildman–Crippen LogP) is 4.06. The van der Waals surface area contributed by atoms with E-state index in [9.17, 15) is 9.59 Å². The minimum absolute atomic E-state index is 0.00459. The van der Waals surface area contributed by atoms with Crippen LogP contribution >= 0.6 is 0 Å².